The van der Waals surface area contributed by atoms with Gasteiger partial charge in [0.05, 0.1) is 18.2 Å². The Balaban J connectivity index is 2.32. The normalized spacial score (nSPS) is 10.4. The van der Waals surface area contributed by atoms with Crippen LogP contribution in [0.15, 0.2) is 24.3 Å². The molecule has 0 aromatic heterocycles. The number of carbonyl (C=O) groups excluding carboxylic acids is 2. The predicted molar refractivity (Wildman–Crippen MR) is 69.0 cm³/mol. The quantitative estimate of drug-likeness (QED) is 0.281. The molecule has 0 bridgehead atoms. The van der Waals surface area contributed by atoms with Crippen LogP contribution in [-0.4, -0.2) is 19.0 Å². The van der Waals surface area contributed by atoms with Gasteiger partial charge in [0.15, 0.2) is 0 Å². The molecule has 0 spiro atoms. The summed E-state index contributed by atoms with van der Waals surface area (Å²) in [6.45, 7) is 0. The molecule has 9 heteroatoms. The van der Waals surface area contributed by atoms with Gasteiger partial charge in [0.25, 0.3) is 0 Å². The molecule has 24 heavy (non-hydrogen) atoms. The van der Waals surface area contributed by atoms with Crippen LogP contribution >= 0.6 is 0 Å². The van der Waals surface area contributed by atoms with Gasteiger partial charge >= 0.3 is 11.9 Å². The topological polar surface area (TPSA) is 52.6 Å². The Morgan fingerprint density at radius 2 is 1.08 bits per heavy atom. The average molecular weight is 346 g/mol. The highest BCUT2D eigenvalue weighted by molar-refractivity contribution is 5.94. The lowest BCUT2D eigenvalue weighted by atomic mass is 10.1. The maximum absolute atomic E-state index is 13.4. The third-order valence-corrected chi connectivity index (χ3v) is 2.91. The molecule has 0 fully saturated rings. The first-order valence-electron chi connectivity index (χ1n) is 6.20. The zero-order valence-electron chi connectivity index (χ0n) is 11.8. The third-order valence-electron chi connectivity index (χ3n) is 2.91. The number of hydrogen-bond acceptors (Lipinski definition) is 4. The molecular formula is C15H7F5O4. The predicted octanol–water partition coefficient (Wildman–Crippen LogP) is 3.39. The summed E-state index contributed by atoms with van der Waals surface area (Å²) in [5.74, 6) is -15.2. The van der Waals surface area contributed by atoms with Gasteiger partial charge in [-0.25, -0.2) is 22.8 Å². The van der Waals surface area contributed by atoms with Crippen molar-refractivity contribution in [1.29, 1.82) is 0 Å². The number of esters is 2. The van der Waals surface area contributed by atoms with Crippen molar-refractivity contribution in [2.75, 3.05) is 7.11 Å². The van der Waals surface area contributed by atoms with Crippen LogP contribution in [0.1, 0.15) is 20.7 Å². The van der Waals surface area contributed by atoms with Crippen molar-refractivity contribution >= 4 is 11.9 Å². The molecule has 2 aromatic carbocycles. The average Bonchev–Trinajstić information content (AvgIpc) is 2.61. The lowest BCUT2D eigenvalue weighted by Gasteiger charge is -2.09. The minimum atomic E-state index is -2.37. The van der Waals surface area contributed by atoms with Gasteiger partial charge in [-0.3, -0.25) is 0 Å². The zero-order chi connectivity index (χ0) is 18.0. The van der Waals surface area contributed by atoms with Gasteiger partial charge in [-0.1, -0.05) is 0 Å². The molecule has 0 saturated heterocycles. The zero-order valence-corrected chi connectivity index (χ0v) is 11.8. The second kappa shape index (κ2) is 6.65. The molecule has 126 valence electrons. The Kier molecular flexibility index (Phi) is 4.82. The molecule has 0 aliphatic heterocycles. The van der Waals surface area contributed by atoms with Gasteiger partial charge in [0.2, 0.25) is 34.8 Å². The number of halogens is 5. The van der Waals surface area contributed by atoms with Crippen LogP contribution in [0.25, 0.3) is 0 Å². The SMILES string of the molecule is COC(=O)c1ccc(C(=O)Oc2c(F)c(F)c(F)c(F)c2F)cc1. The van der Waals surface area contributed by atoms with Gasteiger partial charge in [-0.15, -0.1) is 0 Å². The summed E-state index contributed by atoms with van der Waals surface area (Å²) < 4.78 is 74.5. The van der Waals surface area contributed by atoms with E-state index in [-0.39, 0.29) is 11.1 Å². The van der Waals surface area contributed by atoms with Crippen LogP contribution in [0.4, 0.5) is 22.0 Å². The first-order valence-corrected chi connectivity index (χ1v) is 6.20. The molecule has 0 saturated carbocycles. The summed E-state index contributed by atoms with van der Waals surface area (Å²) in [5.41, 5.74) is -0.211. The minimum Gasteiger partial charge on any atom is -0.465 e. The molecule has 4 nitrogen and oxygen atoms in total. The maximum Gasteiger partial charge on any atom is 0.343 e. The number of benzene rings is 2. The van der Waals surface area contributed by atoms with E-state index in [2.05, 4.69) is 9.47 Å². The molecule has 2 aromatic rings. The van der Waals surface area contributed by atoms with E-state index in [0.717, 1.165) is 31.4 Å². The van der Waals surface area contributed by atoms with Gasteiger partial charge < -0.3 is 9.47 Å². The second-order valence-corrected chi connectivity index (χ2v) is 4.36. The van der Waals surface area contributed by atoms with Crippen molar-refractivity contribution in [3.63, 3.8) is 0 Å². The van der Waals surface area contributed by atoms with E-state index in [1.54, 1.807) is 0 Å². The molecule has 0 unspecified atom stereocenters. The first kappa shape index (κ1) is 17.4. The van der Waals surface area contributed by atoms with Gasteiger partial charge in [-0.2, -0.15) is 8.78 Å². The monoisotopic (exact) mass is 346 g/mol. The summed E-state index contributed by atoms with van der Waals surface area (Å²) in [6.07, 6.45) is 0. The standard InChI is InChI=1S/C15H7F5O4/c1-23-14(21)6-2-4-7(5-3-6)15(22)24-13-11(19)9(17)8(16)10(18)12(13)20/h2-5H,1H3. The lowest BCUT2D eigenvalue weighted by Crippen LogP contribution is -2.14. The van der Waals surface area contributed by atoms with E-state index >= 15 is 0 Å². The van der Waals surface area contributed by atoms with Gasteiger partial charge in [0.1, 0.15) is 0 Å². The summed E-state index contributed by atoms with van der Waals surface area (Å²) in [4.78, 5) is 23.0. The van der Waals surface area contributed by atoms with Crippen LogP contribution in [0, 0.1) is 29.1 Å². The van der Waals surface area contributed by atoms with Gasteiger partial charge in [-0.05, 0) is 24.3 Å². The van der Waals surface area contributed by atoms with Crippen LogP contribution < -0.4 is 4.74 Å². The summed E-state index contributed by atoms with van der Waals surface area (Å²) in [5, 5.41) is 0. The summed E-state index contributed by atoms with van der Waals surface area (Å²) in [6, 6.07) is 4.42. The largest absolute Gasteiger partial charge is 0.465 e. The molecule has 0 radical (unpaired) electrons. The first-order chi connectivity index (χ1) is 11.3. The van der Waals surface area contributed by atoms with E-state index in [1.165, 1.54) is 0 Å². The summed E-state index contributed by atoms with van der Waals surface area (Å²) >= 11 is 0. The van der Waals surface area contributed by atoms with Crippen LogP contribution in [0.5, 0.6) is 5.75 Å². The number of methoxy groups -OCH3 is 1. The van der Waals surface area contributed by atoms with Crippen molar-refractivity contribution in [2.45, 2.75) is 0 Å². The molecule has 0 amide bonds. The Hall–Kier alpha value is -2.97. The number of carbonyl (C=O) groups is 2. The maximum atomic E-state index is 13.4. The fourth-order valence-corrected chi connectivity index (χ4v) is 1.69. The molecule has 0 N–H and O–H groups in total. The van der Waals surface area contributed by atoms with Crippen molar-refractivity contribution in [3.05, 3.63) is 64.5 Å². The van der Waals surface area contributed by atoms with E-state index in [1.807, 2.05) is 0 Å². The fourth-order valence-electron chi connectivity index (χ4n) is 1.69. The Morgan fingerprint density at radius 3 is 1.50 bits per heavy atom. The van der Waals surface area contributed by atoms with Crippen LogP contribution in [0.2, 0.25) is 0 Å². The van der Waals surface area contributed by atoms with Gasteiger partial charge in [0, 0.05) is 0 Å². The minimum absolute atomic E-state index is 0.0743. The Labute approximate surface area is 131 Å². The van der Waals surface area contributed by atoms with Crippen LogP contribution in [-0.2, 0) is 4.74 Å². The number of ether oxygens (including phenoxy) is 2. The molecule has 0 atom stereocenters. The van der Waals surface area contributed by atoms with E-state index < -0.39 is 46.8 Å². The van der Waals surface area contributed by atoms with Crippen LogP contribution in [0.3, 0.4) is 0 Å². The molecule has 0 aliphatic rings. The lowest BCUT2D eigenvalue weighted by molar-refractivity contribution is 0.0599. The molecule has 2 rings (SSSR count). The third kappa shape index (κ3) is 3.05. The highest BCUT2D eigenvalue weighted by Crippen LogP contribution is 2.29. The van der Waals surface area contributed by atoms with Crippen molar-refractivity contribution < 1.29 is 41.0 Å². The van der Waals surface area contributed by atoms with E-state index in [9.17, 15) is 31.5 Å². The van der Waals surface area contributed by atoms with E-state index in [0.29, 0.717) is 0 Å². The highest BCUT2D eigenvalue weighted by atomic mass is 19.2. The molecule has 0 heterocycles. The number of rotatable bonds is 3. The Morgan fingerprint density at radius 1 is 0.708 bits per heavy atom. The molecular weight excluding hydrogens is 339 g/mol. The fraction of sp³-hybridized carbons (Fsp3) is 0.0667. The highest BCUT2D eigenvalue weighted by Gasteiger charge is 2.28. The molecule has 0 aliphatic carbocycles. The number of hydrogen-bond donors (Lipinski definition) is 0. The second-order valence-electron chi connectivity index (χ2n) is 4.36. The van der Waals surface area contributed by atoms with Crippen molar-refractivity contribution in [2.24, 2.45) is 0 Å². The summed E-state index contributed by atoms with van der Waals surface area (Å²) in [7, 11) is 1.13. The van der Waals surface area contributed by atoms with E-state index in [4.69, 9.17) is 0 Å². The van der Waals surface area contributed by atoms with Crippen molar-refractivity contribution in [3.8, 4) is 5.75 Å². The smallest absolute Gasteiger partial charge is 0.343 e. The van der Waals surface area contributed by atoms with Crippen molar-refractivity contribution in [1.82, 2.24) is 0 Å². The Bertz CT molecular complexity index is 789.